The molecule has 0 unspecified atom stereocenters. The van der Waals surface area contributed by atoms with E-state index in [1.807, 2.05) is 6.92 Å². The molecule has 3 heteroatoms. The van der Waals surface area contributed by atoms with E-state index in [4.69, 9.17) is 5.11 Å². The highest BCUT2D eigenvalue weighted by atomic mass is 27.1. The molecule has 0 atom stereocenters. The van der Waals surface area contributed by atoms with Crippen LogP contribution in [0.25, 0.3) is 0 Å². The van der Waals surface area contributed by atoms with Gasteiger partial charge in [-0.1, -0.05) is 44.2 Å². The second kappa shape index (κ2) is 10.1. The number of rotatable bonds is 4. The molecule has 0 radical (unpaired) electrons. The number of carboxylic acid groups (broad SMARTS) is 1. The normalized spacial score (nSPS) is 9.46. The Labute approximate surface area is 88.4 Å². The van der Waals surface area contributed by atoms with Crippen molar-refractivity contribution in [2.45, 2.75) is 57.0 Å². The Morgan fingerprint density at radius 3 is 1.62 bits per heavy atom. The number of hydrogen-bond donors (Lipinski definition) is 1. The van der Waals surface area contributed by atoms with Crippen molar-refractivity contribution in [3.05, 3.63) is 0 Å². The van der Waals surface area contributed by atoms with Gasteiger partial charge in [-0.25, -0.2) is 0 Å². The van der Waals surface area contributed by atoms with E-state index in [-0.39, 0.29) is 15.2 Å². The fourth-order valence-corrected chi connectivity index (χ4v) is 3.04. The largest absolute Gasteiger partial charge is 0.481 e. The van der Waals surface area contributed by atoms with Gasteiger partial charge in [-0.05, 0) is 6.42 Å². The first-order valence-corrected chi connectivity index (χ1v) is 6.75. The van der Waals surface area contributed by atoms with E-state index >= 15 is 0 Å². The second-order valence-corrected chi connectivity index (χ2v) is 7.90. The van der Waals surface area contributed by atoms with Gasteiger partial charge in [0, 0.05) is 6.42 Å². The fourth-order valence-electron chi connectivity index (χ4n) is 1.16. The van der Waals surface area contributed by atoms with Gasteiger partial charge in [0.05, 0.1) is 0 Å². The van der Waals surface area contributed by atoms with E-state index in [0.717, 1.165) is 16.0 Å². The lowest BCUT2D eigenvalue weighted by atomic mass is 10.4. The van der Waals surface area contributed by atoms with Crippen LogP contribution in [0.5, 0.6) is 0 Å². The summed E-state index contributed by atoms with van der Waals surface area (Å²) in [5.41, 5.74) is 0. The molecule has 0 aromatic heterocycles. The lowest BCUT2D eigenvalue weighted by molar-refractivity contribution is -0.137. The summed E-state index contributed by atoms with van der Waals surface area (Å²) >= 11 is 0.281. The molecule has 0 spiro atoms. The van der Waals surface area contributed by atoms with Gasteiger partial charge in [-0.2, -0.15) is 0 Å². The van der Waals surface area contributed by atoms with Gasteiger partial charge < -0.3 is 5.11 Å². The second-order valence-electron chi connectivity index (χ2n) is 4.17. The highest BCUT2D eigenvalue weighted by molar-refractivity contribution is 6.38. The number of aliphatic carboxylic acids is 1. The van der Waals surface area contributed by atoms with Gasteiger partial charge in [0.25, 0.3) is 0 Å². The molecule has 0 aromatic rings. The third kappa shape index (κ3) is 24.5. The first-order valence-electron chi connectivity index (χ1n) is 5.11. The molecule has 0 aliphatic heterocycles. The van der Waals surface area contributed by atoms with E-state index < -0.39 is 5.97 Å². The highest BCUT2D eigenvalue weighted by Crippen LogP contribution is 2.07. The maximum Gasteiger partial charge on any atom is 0.303 e. The topological polar surface area (TPSA) is 37.3 Å². The van der Waals surface area contributed by atoms with E-state index in [9.17, 15) is 4.79 Å². The predicted octanol–water partition coefficient (Wildman–Crippen LogP) is 2.95. The van der Waals surface area contributed by atoms with Crippen LogP contribution in [0.3, 0.4) is 0 Å². The standard InChI is InChI=1S/C4H8O2.2C3H7.Al.H/c1-2-3-4(5)6;2*1-3-2;;/h2-3H2,1H3,(H,5,6);2*3H,1-2H3;;. The van der Waals surface area contributed by atoms with Crippen LogP contribution in [0.15, 0.2) is 0 Å². The summed E-state index contributed by atoms with van der Waals surface area (Å²) in [6, 6.07) is 0. The molecule has 0 heterocycles. The van der Waals surface area contributed by atoms with Crippen LogP contribution in [-0.4, -0.2) is 26.3 Å². The minimum Gasteiger partial charge on any atom is -0.481 e. The first kappa shape index (κ1) is 15.5. The summed E-state index contributed by atoms with van der Waals surface area (Å²) in [6.45, 7) is 11.1. The minimum absolute atomic E-state index is 0.281. The summed E-state index contributed by atoms with van der Waals surface area (Å²) < 4.78 is 2.03. The predicted molar refractivity (Wildman–Crippen MR) is 59.9 cm³/mol. The van der Waals surface area contributed by atoms with Crippen LogP contribution in [0.1, 0.15) is 47.5 Å². The van der Waals surface area contributed by atoms with E-state index in [1.54, 1.807) is 0 Å². The third-order valence-electron chi connectivity index (χ3n) is 1.41. The molecule has 0 aliphatic rings. The van der Waals surface area contributed by atoms with Gasteiger partial charge in [-0.3, -0.25) is 4.79 Å². The molecule has 0 aliphatic carbocycles. The number of carbonyl (C=O) groups is 1. The summed E-state index contributed by atoms with van der Waals surface area (Å²) in [5, 5.41) is 7.91. The van der Waals surface area contributed by atoms with Crippen LogP contribution in [0.2, 0.25) is 9.56 Å². The van der Waals surface area contributed by atoms with Crippen molar-refractivity contribution in [2.75, 3.05) is 0 Å². The molecule has 0 saturated carbocycles. The van der Waals surface area contributed by atoms with Crippen molar-refractivity contribution in [3.8, 4) is 0 Å². The van der Waals surface area contributed by atoms with Crippen molar-refractivity contribution < 1.29 is 9.90 Å². The zero-order chi connectivity index (χ0) is 10.9. The van der Waals surface area contributed by atoms with Gasteiger partial charge in [-0.15, -0.1) is 0 Å². The fraction of sp³-hybridized carbons (Fsp3) is 0.900. The van der Waals surface area contributed by atoms with Crippen LogP contribution in [-0.2, 0) is 4.79 Å². The summed E-state index contributed by atoms with van der Waals surface area (Å²) in [7, 11) is 0. The van der Waals surface area contributed by atoms with E-state index in [2.05, 4.69) is 27.7 Å². The molecule has 0 fully saturated rings. The third-order valence-corrected chi connectivity index (χ3v) is 3.29. The molecule has 13 heavy (non-hydrogen) atoms. The average Bonchev–Trinajstić information content (AvgIpc) is 1.83. The van der Waals surface area contributed by atoms with Gasteiger partial charge in [0.2, 0.25) is 15.2 Å². The van der Waals surface area contributed by atoms with Crippen molar-refractivity contribution in [1.82, 2.24) is 0 Å². The Morgan fingerprint density at radius 1 is 1.23 bits per heavy atom. The SMILES string of the molecule is CCCC(=O)O.C[CH](C)[AlH][CH](C)C. The Balaban J connectivity index is 0. The van der Waals surface area contributed by atoms with Crippen LogP contribution >= 0.6 is 0 Å². The minimum atomic E-state index is -0.711. The van der Waals surface area contributed by atoms with Gasteiger partial charge in [0.15, 0.2) is 0 Å². The Bertz CT molecular complexity index is 116. The van der Waals surface area contributed by atoms with Crippen molar-refractivity contribution in [1.29, 1.82) is 0 Å². The van der Waals surface area contributed by atoms with Crippen molar-refractivity contribution >= 4 is 21.2 Å². The maximum atomic E-state index is 9.60. The molecule has 0 saturated heterocycles. The smallest absolute Gasteiger partial charge is 0.303 e. The van der Waals surface area contributed by atoms with Crippen LogP contribution in [0.4, 0.5) is 0 Å². The Morgan fingerprint density at radius 2 is 1.62 bits per heavy atom. The van der Waals surface area contributed by atoms with Gasteiger partial charge in [0.1, 0.15) is 0 Å². The summed E-state index contributed by atoms with van der Waals surface area (Å²) in [4.78, 5) is 9.60. The van der Waals surface area contributed by atoms with Crippen molar-refractivity contribution in [2.24, 2.45) is 0 Å². The number of carboxylic acids is 1. The molecule has 0 amide bonds. The maximum absolute atomic E-state index is 9.60. The molecule has 0 rings (SSSR count). The van der Waals surface area contributed by atoms with Crippen LogP contribution < -0.4 is 0 Å². The lowest BCUT2D eigenvalue weighted by Crippen LogP contribution is -1.98. The van der Waals surface area contributed by atoms with Crippen molar-refractivity contribution in [3.63, 3.8) is 0 Å². The molecule has 1 N–H and O–H groups in total. The molecule has 2 nitrogen and oxygen atoms in total. The Kier molecular flexibility index (Phi) is 12.0. The summed E-state index contributed by atoms with van der Waals surface area (Å²) in [6.07, 6.45) is 1.02. The van der Waals surface area contributed by atoms with Gasteiger partial charge >= 0.3 is 5.97 Å². The molecular weight excluding hydrogens is 179 g/mol. The van der Waals surface area contributed by atoms with E-state index in [0.29, 0.717) is 6.42 Å². The van der Waals surface area contributed by atoms with Crippen LogP contribution in [0, 0.1) is 0 Å². The number of hydrogen-bond acceptors (Lipinski definition) is 1. The molecule has 78 valence electrons. The first-order chi connectivity index (χ1) is 5.90. The zero-order valence-corrected chi connectivity index (χ0v) is 11.0. The zero-order valence-electron chi connectivity index (χ0n) is 9.63. The monoisotopic (exact) mass is 202 g/mol. The average molecular weight is 202 g/mol. The summed E-state index contributed by atoms with van der Waals surface area (Å²) in [5.74, 6) is -0.711. The lowest BCUT2D eigenvalue weighted by Gasteiger charge is -2.01. The molecule has 0 bridgehead atoms. The molecule has 0 aromatic carbocycles. The quantitative estimate of drug-likeness (QED) is 0.712. The Hall–Kier alpha value is 0.00247. The molecular formula is C10H23AlO2. The van der Waals surface area contributed by atoms with E-state index in [1.165, 1.54) is 0 Å². The highest BCUT2D eigenvalue weighted by Gasteiger charge is 2.01.